The molecule has 0 fully saturated rings. The Labute approximate surface area is 216 Å². The number of allylic oxidation sites excluding steroid dienone is 6. The van der Waals surface area contributed by atoms with E-state index in [0.717, 1.165) is 49.7 Å². The van der Waals surface area contributed by atoms with Gasteiger partial charge in [-0.15, -0.1) is 6.58 Å². The van der Waals surface area contributed by atoms with Crippen LogP contribution >= 0.6 is 0 Å². The fraction of sp³-hybridized carbons (Fsp3) is 0.467. The van der Waals surface area contributed by atoms with Crippen molar-refractivity contribution >= 4 is 12.0 Å². The predicted molar refractivity (Wildman–Crippen MR) is 146 cm³/mol. The fourth-order valence-electron chi connectivity index (χ4n) is 4.40. The van der Waals surface area contributed by atoms with Gasteiger partial charge in [-0.3, -0.25) is 0 Å². The lowest BCUT2D eigenvalue weighted by molar-refractivity contribution is -0.136. The number of amides is 2. The number of carbonyl (C=O) groups is 2. The van der Waals surface area contributed by atoms with Crippen molar-refractivity contribution < 1.29 is 19.1 Å². The van der Waals surface area contributed by atoms with Gasteiger partial charge in [0.2, 0.25) is 0 Å². The number of urea groups is 1. The minimum absolute atomic E-state index is 0.343. The summed E-state index contributed by atoms with van der Waals surface area (Å²) >= 11 is 0. The van der Waals surface area contributed by atoms with Crippen LogP contribution in [0.5, 0.6) is 5.75 Å². The highest BCUT2D eigenvalue weighted by atomic mass is 16.5. The van der Waals surface area contributed by atoms with Crippen molar-refractivity contribution in [3.05, 3.63) is 77.6 Å². The van der Waals surface area contributed by atoms with Crippen molar-refractivity contribution in [1.29, 1.82) is 0 Å². The van der Waals surface area contributed by atoms with Gasteiger partial charge in [-0.1, -0.05) is 61.8 Å². The minimum atomic E-state index is -0.623. The Morgan fingerprint density at radius 1 is 1.06 bits per heavy atom. The molecule has 0 radical (unpaired) electrons. The van der Waals surface area contributed by atoms with E-state index >= 15 is 0 Å². The zero-order valence-electron chi connectivity index (χ0n) is 22.1. The van der Waals surface area contributed by atoms with Gasteiger partial charge >= 0.3 is 12.0 Å². The van der Waals surface area contributed by atoms with E-state index in [1.165, 1.54) is 26.4 Å². The van der Waals surface area contributed by atoms with Crippen LogP contribution in [0, 0.1) is 0 Å². The molecule has 0 saturated carbocycles. The zero-order chi connectivity index (χ0) is 26.2. The average Bonchev–Trinajstić information content (AvgIpc) is 2.86. The number of methoxy groups -OCH3 is 1. The molecule has 2 rings (SSSR count). The Balaban J connectivity index is 1.97. The molecule has 1 unspecified atom stereocenters. The number of unbranched alkanes of at least 4 members (excludes halogenated alkanes) is 5. The van der Waals surface area contributed by atoms with E-state index in [-0.39, 0.29) is 6.03 Å². The smallest absolute Gasteiger partial charge is 0.337 e. The highest BCUT2D eigenvalue weighted by molar-refractivity contribution is 5.95. The summed E-state index contributed by atoms with van der Waals surface area (Å²) in [4.78, 5) is 24.9. The summed E-state index contributed by atoms with van der Waals surface area (Å²) in [5, 5.41) is 5.60. The molecule has 196 valence electrons. The summed E-state index contributed by atoms with van der Waals surface area (Å²) in [6.07, 6.45) is 20.3. The topological polar surface area (TPSA) is 76.7 Å². The lowest BCUT2D eigenvalue weighted by atomic mass is 9.89. The zero-order valence-corrected chi connectivity index (χ0v) is 22.1. The first-order valence-corrected chi connectivity index (χ1v) is 13.1. The van der Waals surface area contributed by atoms with E-state index in [9.17, 15) is 9.59 Å². The standard InChI is InChI=1S/C30H42N2O4/c1-5-7-8-9-10-11-12-13-14-15-16-17-18-20-24-21-19-22-25(36-6-2)27(24)28-26(29(33)35-4)23(3)31-30(34)32-28/h5,8-9,11-12,19,21-22,28H,1,6-7,10,13-18,20H2,2-4H3,(H2,31,32,34)/b9-8-,12-11-. The van der Waals surface area contributed by atoms with Crippen LogP contribution in [0.2, 0.25) is 0 Å². The molecule has 0 saturated heterocycles. The van der Waals surface area contributed by atoms with Crippen molar-refractivity contribution in [3.63, 3.8) is 0 Å². The van der Waals surface area contributed by atoms with Crippen LogP contribution in [-0.4, -0.2) is 25.7 Å². The summed E-state index contributed by atoms with van der Waals surface area (Å²) < 4.78 is 10.9. The lowest BCUT2D eigenvalue weighted by Gasteiger charge is -2.30. The summed E-state index contributed by atoms with van der Waals surface area (Å²) in [5.74, 6) is 0.214. The summed E-state index contributed by atoms with van der Waals surface area (Å²) in [6.45, 7) is 7.85. The minimum Gasteiger partial charge on any atom is -0.493 e. The maximum atomic E-state index is 12.6. The maximum absolute atomic E-state index is 12.6. The monoisotopic (exact) mass is 494 g/mol. The third-order valence-corrected chi connectivity index (χ3v) is 6.14. The van der Waals surface area contributed by atoms with Gasteiger partial charge in [0.25, 0.3) is 0 Å². The molecule has 1 aliphatic rings. The molecule has 0 aliphatic carbocycles. The Kier molecular flexibility index (Phi) is 13.2. The lowest BCUT2D eigenvalue weighted by Crippen LogP contribution is -2.45. The molecule has 1 heterocycles. The van der Waals surface area contributed by atoms with E-state index in [2.05, 4.69) is 47.6 Å². The molecule has 1 atom stereocenters. The molecule has 1 aromatic rings. The molecule has 0 aromatic heterocycles. The number of nitrogens with one attached hydrogen (secondary N) is 2. The molecule has 6 heteroatoms. The van der Waals surface area contributed by atoms with Crippen LogP contribution in [0.3, 0.4) is 0 Å². The van der Waals surface area contributed by atoms with Crippen molar-refractivity contribution in [2.45, 2.75) is 77.7 Å². The number of aryl methyl sites for hydroxylation is 1. The second kappa shape index (κ2) is 16.4. The molecule has 1 aliphatic heterocycles. The highest BCUT2D eigenvalue weighted by Crippen LogP contribution is 2.37. The number of rotatable bonds is 16. The van der Waals surface area contributed by atoms with E-state index in [1.54, 1.807) is 6.92 Å². The first-order valence-electron chi connectivity index (χ1n) is 13.1. The van der Waals surface area contributed by atoms with Crippen molar-refractivity contribution in [1.82, 2.24) is 10.6 Å². The Morgan fingerprint density at radius 3 is 2.53 bits per heavy atom. The number of hydrogen-bond donors (Lipinski definition) is 2. The summed E-state index contributed by atoms with van der Waals surface area (Å²) in [7, 11) is 1.35. The average molecular weight is 495 g/mol. The quantitative estimate of drug-likeness (QED) is 0.150. The predicted octanol–water partition coefficient (Wildman–Crippen LogP) is 6.85. The van der Waals surface area contributed by atoms with Gasteiger partial charge in [0.05, 0.1) is 25.3 Å². The van der Waals surface area contributed by atoms with Gasteiger partial charge in [-0.05, 0) is 64.0 Å². The van der Waals surface area contributed by atoms with Crippen LogP contribution in [0.4, 0.5) is 4.79 Å². The Bertz CT molecular complexity index is 962. The normalized spacial score (nSPS) is 15.8. The molecule has 2 amide bonds. The molecule has 0 spiro atoms. The van der Waals surface area contributed by atoms with Gasteiger partial charge in [-0.25, -0.2) is 9.59 Å². The molecule has 1 aromatic carbocycles. The number of benzene rings is 1. The van der Waals surface area contributed by atoms with Crippen LogP contribution in [0.15, 0.2) is 66.4 Å². The van der Waals surface area contributed by atoms with Crippen molar-refractivity contribution in [2.24, 2.45) is 0 Å². The van der Waals surface area contributed by atoms with Gasteiger partial charge in [0.15, 0.2) is 0 Å². The fourth-order valence-corrected chi connectivity index (χ4v) is 4.40. The number of esters is 1. The van der Waals surface area contributed by atoms with Crippen molar-refractivity contribution in [2.75, 3.05) is 13.7 Å². The molecule has 6 nitrogen and oxygen atoms in total. The van der Waals surface area contributed by atoms with Gasteiger partial charge in [0.1, 0.15) is 5.75 Å². The molecule has 36 heavy (non-hydrogen) atoms. The third kappa shape index (κ3) is 9.06. The number of carbonyl (C=O) groups excluding carboxylic acids is 2. The summed E-state index contributed by atoms with van der Waals surface area (Å²) in [5.41, 5.74) is 2.81. The van der Waals surface area contributed by atoms with Gasteiger partial charge in [-0.2, -0.15) is 0 Å². The highest BCUT2D eigenvalue weighted by Gasteiger charge is 2.35. The van der Waals surface area contributed by atoms with E-state index < -0.39 is 12.0 Å². The molecular formula is C30H42N2O4. The Morgan fingerprint density at radius 2 is 1.78 bits per heavy atom. The molecular weight excluding hydrogens is 452 g/mol. The SMILES string of the molecule is C=CC/C=C\C/C=C\CCCCCCCc1cccc(OCC)c1C1NC(=O)NC(C)=C1C(=O)OC. The van der Waals surface area contributed by atoms with E-state index in [1.807, 2.05) is 25.1 Å². The van der Waals surface area contributed by atoms with Crippen LogP contribution in [0.25, 0.3) is 0 Å². The maximum Gasteiger partial charge on any atom is 0.337 e. The van der Waals surface area contributed by atoms with Crippen molar-refractivity contribution in [3.8, 4) is 5.75 Å². The first-order chi connectivity index (χ1) is 17.5. The summed E-state index contributed by atoms with van der Waals surface area (Å²) in [6, 6.07) is 4.96. The van der Waals surface area contributed by atoms with E-state index in [4.69, 9.17) is 9.47 Å². The van der Waals surface area contributed by atoms with Crippen LogP contribution in [0.1, 0.15) is 82.4 Å². The second-order valence-corrected chi connectivity index (χ2v) is 8.83. The largest absolute Gasteiger partial charge is 0.493 e. The van der Waals surface area contributed by atoms with Gasteiger partial charge < -0.3 is 20.1 Å². The number of hydrogen-bond acceptors (Lipinski definition) is 4. The van der Waals surface area contributed by atoms with Crippen LogP contribution < -0.4 is 15.4 Å². The molecule has 2 N–H and O–H groups in total. The van der Waals surface area contributed by atoms with Crippen LogP contribution in [-0.2, 0) is 16.0 Å². The Hall–Kier alpha value is -3.28. The number of ether oxygens (including phenoxy) is 2. The van der Waals surface area contributed by atoms with Gasteiger partial charge in [0, 0.05) is 11.3 Å². The van der Waals surface area contributed by atoms with E-state index in [0.29, 0.717) is 23.6 Å². The third-order valence-electron chi connectivity index (χ3n) is 6.14. The first kappa shape index (κ1) is 29.0. The second-order valence-electron chi connectivity index (χ2n) is 8.83. The molecule has 0 bridgehead atoms.